The molecular weight excluding hydrogens is 243 g/mol. The summed E-state index contributed by atoms with van der Waals surface area (Å²) in [4.78, 5) is 11.6. The minimum Gasteiger partial charge on any atom is -0.356 e. The van der Waals surface area contributed by atoms with E-state index in [4.69, 9.17) is 5.73 Å². The Balaban J connectivity index is 2.15. The van der Waals surface area contributed by atoms with Gasteiger partial charge in [-0.1, -0.05) is 19.1 Å². The van der Waals surface area contributed by atoms with Crippen LogP contribution in [0.2, 0.25) is 0 Å². The van der Waals surface area contributed by atoms with Gasteiger partial charge in [0, 0.05) is 13.0 Å². The van der Waals surface area contributed by atoms with Gasteiger partial charge in [-0.2, -0.15) is 0 Å². The van der Waals surface area contributed by atoms with Crippen molar-refractivity contribution >= 4 is 5.91 Å². The Labute approximate surface area is 114 Å². The summed E-state index contributed by atoms with van der Waals surface area (Å²) >= 11 is 0. The number of benzene rings is 1. The Morgan fingerprint density at radius 1 is 1.32 bits per heavy atom. The fourth-order valence-corrected chi connectivity index (χ4v) is 1.89. The topological polar surface area (TPSA) is 55.1 Å². The van der Waals surface area contributed by atoms with Gasteiger partial charge in [-0.15, -0.1) is 0 Å². The lowest BCUT2D eigenvalue weighted by Crippen LogP contribution is -2.26. The molecule has 1 atom stereocenters. The SMILES string of the molecule is CC(CCN)CCC(=O)NCCc1ccc(F)cc1. The van der Waals surface area contributed by atoms with E-state index in [0.29, 0.717) is 25.4 Å². The summed E-state index contributed by atoms with van der Waals surface area (Å²) in [5.41, 5.74) is 6.49. The maximum atomic E-state index is 12.7. The van der Waals surface area contributed by atoms with E-state index < -0.39 is 0 Å². The quantitative estimate of drug-likeness (QED) is 0.758. The lowest BCUT2D eigenvalue weighted by Gasteiger charge is -2.10. The van der Waals surface area contributed by atoms with Gasteiger partial charge in [0.15, 0.2) is 0 Å². The van der Waals surface area contributed by atoms with E-state index in [-0.39, 0.29) is 11.7 Å². The number of nitrogens with two attached hydrogens (primary N) is 1. The van der Waals surface area contributed by atoms with Gasteiger partial charge in [0.25, 0.3) is 0 Å². The van der Waals surface area contributed by atoms with Crippen molar-refractivity contribution in [3.8, 4) is 0 Å². The number of carbonyl (C=O) groups is 1. The molecule has 1 unspecified atom stereocenters. The van der Waals surface area contributed by atoms with Crippen molar-refractivity contribution in [2.24, 2.45) is 11.7 Å². The molecule has 0 saturated heterocycles. The van der Waals surface area contributed by atoms with E-state index in [1.54, 1.807) is 12.1 Å². The minimum absolute atomic E-state index is 0.0750. The number of rotatable bonds is 8. The second-order valence-electron chi connectivity index (χ2n) is 4.95. The number of nitrogens with one attached hydrogen (secondary N) is 1. The van der Waals surface area contributed by atoms with Gasteiger partial charge in [-0.25, -0.2) is 4.39 Å². The predicted octanol–water partition coefficient (Wildman–Crippen LogP) is 2.25. The fourth-order valence-electron chi connectivity index (χ4n) is 1.89. The molecule has 0 aliphatic rings. The molecule has 0 spiro atoms. The van der Waals surface area contributed by atoms with Crippen LogP contribution in [0.15, 0.2) is 24.3 Å². The molecule has 1 amide bonds. The van der Waals surface area contributed by atoms with Gasteiger partial charge in [0.1, 0.15) is 5.82 Å². The van der Waals surface area contributed by atoms with Gasteiger partial charge < -0.3 is 11.1 Å². The third-order valence-corrected chi connectivity index (χ3v) is 3.17. The van der Waals surface area contributed by atoms with Crippen LogP contribution < -0.4 is 11.1 Å². The van der Waals surface area contributed by atoms with Crippen LogP contribution in [0.1, 0.15) is 31.7 Å². The molecule has 0 saturated carbocycles. The van der Waals surface area contributed by atoms with Crippen LogP contribution in [0.4, 0.5) is 4.39 Å². The van der Waals surface area contributed by atoms with Crippen molar-refractivity contribution in [3.63, 3.8) is 0 Å². The third-order valence-electron chi connectivity index (χ3n) is 3.17. The highest BCUT2D eigenvalue weighted by molar-refractivity contribution is 5.75. The van der Waals surface area contributed by atoms with Gasteiger partial charge in [-0.3, -0.25) is 4.79 Å². The van der Waals surface area contributed by atoms with Crippen LogP contribution in [0.5, 0.6) is 0 Å². The average molecular weight is 266 g/mol. The van der Waals surface area contributed by atoms with E-state index in [1.165, 1.54) is 12.1 Å². The van der Waals surface area contributed by atoms with Gasteiger partial charge >= 0.3 is 0 Å². The standard InChI is InChI=1S/C15H23FN2O/c1-12(8-10-17)2-7-15(19)18-11-9-13-3-5-14(16)6-4-13/h3-6,12H,2,7-11,17H2,1H3,(H,18,19). The van der Waals surface area contributed by atoms with Crippen molar-refractivity contribution in [2.45, 2.75) is 32.6 Å². The summed E-state index contributed by atoms with van der Waals surface area (Å²) in [6, 6.07) is 6.35. The molecular formula is C15H23FN2O. The monoisotopic (exact) mass is 266 g/mol. The zero-order valence-corrected chi connectivity index (χ0v) is 11.5. The molecule has 0 heterocycles. The lowest BCUT2D eigenvalue weighted by atomic mass is 10.0. The Kier molecular flexibility index (Phi) is 7.11. The van der Waals surface area contributed by atoms with Crippen LogP contribution in [0, 0.1) is 11.7 Å². The first-order valence-corrected chi connectivity index (χ1v) is 6.83. The Bertz CT molecular complexity index is 378. The maximum Gasteiger partial charge on any atom is 0.220 e. The molecule has 3 N–H and O–H groups in total. The van der Waals surface area contributed by atoms with Crippen LogP contribution in [0.25, 0.3) is 0 Å². The number of amides is 1. The third kappa shape index (κ3) is 6.91. The first-order chi connectivity index (χ1) is 9.11. The molecule has 1 aromatic rings. The summed E-state index contributed by atoms with van der Waals surface area (Å²) in [6.45, 7) is 3.38. The smallest absolute Gasteiger partial charge is 0.220 e. The largest absolute Gasteiger partial charge is 0.356 e. The number of hydrogen-bond acceptors (Lipinski definition) is 2. The highest BCUT2D eigenvalue weighted by Crippen LogP contribution is 2.08. The average Bonchev–Trinajstić information content (AvgIpc) is 2.39. The highest BCUT2D eigenvalue weighted by Gasteiger charge is 2.05. The van der Waals surface area contributed by atoms with Crippen LogP contribution in [-0.4, -0.2) is 19.0 Å². The number of halogens is 1. The van der Waals surface area contributed by atoms with Gasteiger partial charge in [0.05, 0.1) is 0 Å². The van der Waals surface area contributed by atoms with E-state index >= 15 is 0 Å². The van der Waals surface area contributed by atoms with Crippen LogP contribution >= 0.6 is 0 Å². The molecule has 19 heavy (non-hydrogen) atoms. The molecule has 0 aliphatic carbocycles. The first kappa shape index (κ1) is 15.6. The van der Waals surface area contributed by atoms with E-state index in [1.807, 2.05) is 0 Å². The van der Waals surface area contributed by atoms with E-state index in [0.717, 1.165) is 24.8 Å². The van der Waals surface area contributed by atoms with Gasteiger partial charge in [-0.05, 0) is 49.4 Å². The molecule has 0 fully saturated rings. The Morgan fingerprint density at radius 3 is 2.63 bits per heavy atom. The molecule has 4 heteroatoms. The summed E-state index contributed by atoms with van der Waals surface area (Å²) in [6.07, 6.45) is 3.11. The van der Waals surface area contributed by atoms with Crippen molar-refractivity contribution < 1.29 is 9.18 Å². The predicted molar refractivity (Wildman–Crippen MR) is 75.2 cm³/mol. The molecule has 0 aromatic heterocycles. The van der Waals surface area contributed by atoms with Crippen molar-refractivity contribution in [2.75, 3.05) is 13.1 Å². The second-order valence-corrected chi connectivity index (χ2v) is 4.95. The first-order valence-electron chi connectivity index (χ1n) is 6.83. The molecule has 1 aromatic carbocycles. The molecule has 0 radical (unpaired) electrons. The summed E-state index contributed by atoms with van der Waals surface area (Å²) in [7, 11) is 0. The minimum atomic E-state index is -0.235. The number of carbonyl (C=O) groups excluding carboxylic acids is 1. The summed E-state index contributed by atoms with van der Waals surface area (Å²) in [5.74, 6) is 0.334. The van der Waals surface area contributed by atoms with E-state index in [9.17, 15) is 9.18 Å². The summed E-state index contributed by atoms with van der Waals surface area (Å²) < 4.78 is 12.7. The molecule has 106 valence electrons. The summed E-state index contributed by atoms with van der Waals surface area (Å²) in [5, 5.41) is 2.88. The fraction of sp³-hybridized carbons (Fsp3) is 0.533. The highest BCUT2D eigenvalue weighted by atomic mass is 19.1. The Morgan fingerprint density at radius 2 is 2.00 bits per heavy atom. The molecule has 1 rings (SSSR count). The zero-order chi connectivity index (χ0) is 14.1. The maximum absolute atomic E-state index is 12.7. The second kappa shape index (κ2) is 8.64. The van der Waals surface area contributed by atoms with E-state index in [2.05, 4.69) is 12.2 Å². The molecule has 0 bridgehead atoms. The molecule has 3 nitrogen and oxygen atoms in total. The zero-order valence-electron chi connectivity index (χ0n) is 11.5. The normalized spacial score (nSPS) is 12.2. The van der Waals surface area contributed by atoms with Gasteiger partial charge in [0.2, 0.25) is 5.91 Å². The van der Waals surface area contributed by atoms with Crippen molar-refractivity contribution in [1.29, 1.82) is 0 Å². The number of hydrogen-bond donors (Lipinski definition) is 2. The van der Waals surface area contributed by atoms with Crippen LogP contribution in [0.3, 0.4) is 0 Å². The van der Waals surface area contributed by atoms with Crippen molar-refractivity contribution in [3.05, 3.63) is 35.6 Å². The lowest BCUT2D eigenvalue weighted by molar-refractivity contribution is -0.121. The van der Waals surface area contributed by atoms with Crippen LogP contribution in [-0.2, 0) is 11.2 Å². The van der Waals surface area contributed by atoms with Crippen molar-refractivity contribution in [1.82, 2.24) is 5.32 Å². The Hall–Kier alpha value is -1.42. The molecule has 0 aliphatic heterocycles.